The van der Waals surface area contributed by atoms with Crippen LogP contribution in [-0.4, -0.2) is 36.8 Å². The first-order valence-corrected chi connectivity index (χ1v) is 11.2. The standard InChI is InChI=1S/C24H22FN5O2S/c1-15-10-22(16(2)30(15)21-9-4-6-18(25)11-21)23(32)13-33-24-28-26-14-29(24)20-8-5-7-19(12-20)27-17(3)31/h4-12,14H,13H2,1-3H3,(H,27,31). The van der Waals surface area contributed by atoms with Crippen LogP contribution in [0, 0.1) is 19.7 Å². The van der Waals surface area contributed by atoms with Crippen LogP contribution in [0.5, 0.6) is 0 Å². The number of amides is 1. The highest BCUT2D eigenvalue weighted by atomic mass is 32.2. The van der Waals surface area contributed by atoms with Gasteiger partial charge in [-0.05, 0) is 56.3 Å². The number of carbonyl (C=O) groups excluding carboxylic acids is 2. The molecule has 0 bridgehead atoms. The lowest BCUT2D eigenvalue weighted by molar-refractivity contribution is -0.114. The van der Waals surface area contributed by atoms with Crippen molar-refractivity contribution in [2.24, 2.45) is 0 Å². The number of hydrogen-bond donors (Lipinski definition) is 1. The summed E-state index contributed by atoms with van der Waals surface area (Å²) in [7, 11) is 0. The molecule has 0 spiro atoms. The van der Waals surface area contributed by atoms with E-state index in [1.54, 1.807) is 23.0 Å². The van der Waals surface area contributed by atoms with Crippen molar-refractivity contribution in [3.63, 3.8) is 0 Å². The molecule has 4 rings (SSSR count). The summed E-state index contributed by atoms with van der Waals surface area (Å²) in [6, 6.07) is 15.4. The molecule has 0 unspecified atom stereocenters. The molecular formula is C24H22FN5O2S. The number of hydrogen-bond acceptors (Lipinski definition) is 5. The minimum absolute atomic E-state index is 0.0581. The number of aromatic nitrogens is 4. The maximum absolute atomic E-state index is 13.7. The van der Waals surface area contributed by atoms with Crippen LogP contribution in [0.4, 0.5) is 10.1 Å². The van der Waals surface area contributed by atoms with Crippen LogP contribution in [0.3, 0.4) is 0 Å². The Bertz CT molecular complexity index is 1340. The van der Waals surface area contributed by atoms with E-state index in [0.717, 1.165) is 17.1 Å². The van der Waals surface area contributed by atoms with E-state index >= 15 is 0 Å². The summed E-state index contributed by atoms with van der Waals surface area (Å²) in [6.07, 6.45) is 1.56. The maximum atomic E-state index is 13.7. The molecule has 1 amide bonds. The Morgan fingerprint density at radius 1 is 1.06 bits per heavy atom. The zero-order valence-electron chi connectivity index (χ0n) is 18.4. The van der Waals surface area contributed by atoms with Crippen LogP contribution < -0.4 is 5.32 Å². The normalized spacial score (nSPS) is 10.9. The number of carbonyl (C=O) groups is 2. The molecule has 33 heavy (non-hydrogen) atoms. The number of aryl methyl sites for hydroxylation is 1. The lowest BCUT2D eigenvalue weighted by atomic mass is 10.2. The van der Waals surface area contributed by atoms with Crippen molar-refractivity contribution in [2.75, 3.05) is 11.1 Å². The second-order valence-electron chi connectivity index (χ2n) is 7.53. The van der Waals surface area contributed by atoms with Gasteiger partial charge in [-0.15, -0.1) is 10.2 Å². The fraction of sp³-hybridized carbons (Fsp3) is 0.167. The van der Waals surface area contributed by atoms with E-state index in [-0.39, 0.29) is 23.3 Å². The summed E-state index contributed by atoms with van der Waals surface area (Å²) in [6.45, 7) is 5.19. The summed E-state index contributed by atoms with van der Waals surface area (Å²) < 4.78 is 17.3. The highest BCUT2D eigenvalue weighted by Gasteiger charge is 2.18. The fourth-order valence-electron chi connectivity index (χ4n) is 3.70. The molecule has 0 saturated heterocycles. The van der Waals surface area contributed by atoms with Crippen LogP contribution in [-0.2, 0) is 4.79 Å². The van der Waals surface area contributed by atoms with E-state index in [2.05, 4.69) is 15.5 Å². The largest absolute Gasteiger partial charge is 0.326 e. The number of Topliss-reactive ketones (excluding diaryl/α,β-unsaturated/α-hetero) is 1. The van der Waals surface area contributed by atoms with Crippen molar-refractivity contribution < 1.29 is 14.0 Å². The summed E-state index contributed by atoms with van der Waals surface area (Å²) >= 11 is 1.28. The van der Waals surface area contributed by atoms with Crippen LogP contribution in [0.1, 0.15) is 28.7 Å². The Balaban J connectivity index is 1.53. The van der Waals surface area contributed by atoms with Crippen LogP contribution >= 0.6 is 11.8 Å². The molecule has 1 N–H and O–H groups in total. The molecule has 4 aromatic rings. The van der Waals surface area contributed by atoms with Crippen molar-refractivity contribution in [1.82, 2.24) is 19.3 Å². The molecule has 2 aromatic carbocycles. The fourth-order valence-corrected chi connectivity index (χ4v) is 4.51. The number of rotatable bonds is 7. The molecule has 168 valence electrons. The van der Waals surface area contributed by atoms with Gasteiger partial charge in [-0.2, -0.15) is 0 Å². The van der Waals surface area contributed by atoms with Gasteiger partial charge in [-0.3, -0.25) is 14.2 Å². The number of nitrogens with zero attached hydrogens (tertiary/aromatic N) is 4. The zero-order valence-corrected chi connectivity index (χ0v) is 19.2. The summed E-state index contributed by atoms with van der Waals surface area (Å²) in [5.74, 6) is -0.382. The average molecular weight is 464 g/mol. The van der Waals surface area contributed by atoms with Gasteiger partial charge in [0.2, 0.25) is 5.91 Å². The van der Waals surface area contributed by atoms with E-state index in [1.165, 1.54) is 30.8 Å². The molecule has 0 atom stereocenters. The Morgan fingerprint density at radius 2 is 1.82 bits per heavy atom. The number of nitrogens with one attached hydrogen (secondary N) is 1. The predicted octanol–water partition coefficient (Wildman–Crippen LogP) is 4.75. The van der Waals surface area contributed by atoms with Gasteiger partial charge in [0.15, 0.2) is 10.9 Å². The third-order valence-electron chi connectivity index (χ3n) is 5.09. The van der Waals surface area contributed by atoms with Crippen LogP contribution in [0.25, 0.3) is 11.4 Å². The Morgan fingerprint density at radius 3 is 2.58 bits per heavy atom. The third kappa shape index (κ3) is 4.88. The van der Waals surface area contributed by atoms with E-state index in [1.807, 2.05) is 48.7 Å². The predicted molar refractivity (Wildman–Crippen MR) is 126 cm³/mol. The minimum atomic E-state index is -0.328. The summed E-state index contributed by atoms with van der Waals surface area (Å²) in [4.78, 5) is 24.4. The van der Waals surface area contributed by atoms with E-state index in [4.69, 9.17) is 0 Å². The van der Waals surface area contributed by atoms with Crippen LogP contribution in [0.2, 0.25) is 0 Å². The maximum Gasteiger partial charge on any atom is 0.221 e. The molecule has 0 aliphatic rings. The van der Waals surface area contributed by atoms with Gasteiger partial charge in [0.1, 0.15) is 12.1 Å². The van der Waals surface area contributed by atoms with Gasteiger partial charge >= 0.3 is 0 Å². The minimum Gasteiger partial charge on any atom is -0.326 e. The van der Waals surface area contributed by atoms with Gasteiger partial charge in [-0.25, -0.2) is 4.39 Å². The highest BCUT2D eigenvalue weighted by Crippen LogP contribution is 2.26. The van der Waals surface area contributed by atoms with Gasteiger partial charge in [0, 0.05) is 35.2 Å². The zero-order chi connectivity index (χ0) is 23.5. The van der Waals surface area contributed by atoms with Crippen LogP contribution in [0.15, 0.2) is 66.1 Å². The smallest absolute Gasteiger partial charge is 0.221 e. The second kappa shape index (κ2) is 9.41. The van der Waals surface area contributed by atoms with Gasteiger partial charge in [0.25, 0.3) is 0 Å². The monoisotopic (exact) mass is 463 g/mol. The average Bonchev–Trinajstić information content (AvgIpc) is 3.35. The molecule has 0 aliphatic carbocycles. The van der Waals surface area contributed by atoms with E-state index < -0.39 is 0 Å². The number of halogens is 1. The van der Waals surface area contributed by atoms with Gasteiger partial charge < -0.3 is 9.88 Å². The quantitative estimate of drug-likeness (QED) is 0.316. The molecule has 2 aromatic heterocycles. The third-order valence-corrected chi connectivity index (χ3v) is 6.03. The van der Waals surface area contributed by atoms with Gasteiger partial charge in [-0.1, -0.05) is 23.9 Å². The molecular weight excluding hydrogens is 441 g/mol. The van der Waals surface area contributed by atoms with Crippen molar-refractivity contribution >= 4 is 29.1 Å². The first-order valence-electron chi connectivity index (χ1n) is 10.2. The Labute approximate surface area is 194 Å². The molecule has 0 radical (unpaired) electrons. The Kier molecular flexibility index (Phi) is 6.41. The Hall–Kier alpha value is -3.72. The number of anilines is 1. The lowest BCUT2D eigenvalue weighted by Crippen LogP contribution is -2.07. The molecule has 9 heteroatoms. The second-order valence-corrected chi connectivity index (χ2v) is 8.47. The van der Waals surface area contributed by atoms with Gasteiger partial charge in [0.05, 0.1) is 11.4 Å². The molecule has 0 aliphatic heterocycles. The molecule has 0 fully saturated rings. The van der Waals surface area contributed by atoms with E-state index in [0.29, 0.717) is 22.1 Å². The van der Waals surface area contributed by atoms with E-state index in [9.17, 15) is 14.0 Å². The first kappa shape index (κ1) is 22.5. The summed E-state index contributed by atoms with van der Waals surface area (Å²) in [5, 5.41) is 11.4. The van der Waals surface area contributed by atoms with Crippen molar-refractivity contribution in [1.29, 1.82) is 0 Å². The topological polar surface area (TPSA) is 81.8 Å². The highest BCUT2D eigenvalue weighted by molar-refractivity contribution is 7.99. The summed E-state index contributed by atoms with van der Waals surface area (Å²) in [5.41, 5.74) is 4.30. The number of benzene rings is 2. The number of ketones is 1. The van der Waals surface area contributed by atoms with Crippen molar-refractivity contribution in [3.8, 4) is 11.4 Å². The first-order chi connectivity index (χ1) is 15.8. The molecule has 0 saturated carbocycles. The molecule has 7 nitrogen and oxygen atoms in total. The van der Waals surface area contributed by atoms with Crippen molar-refractivity contribution in [3.05, 3.63) is 83.7 Å². The molecule has 2 heterocycles. The number of thioether (sulfide) groups is 1. The van der Waals surface area contributed by atoms with Crippen molar-refractivity contribution in [2.45, 2.75) is 25.9 Å². The lowest BCUT2D eigenvalue weighted by Gasteiger charge is -2.10. The SMILES string of the molecule is CC(=O)Nc1cccc(-n2cnnc2SCC(=O)c2cc(C)n(-c3cccc(F)c3)c2C)c1.